The first-order valence-electron chi connectivity index (χ1n) is 6.26. The summed E-state index contributed by atoms with van der Waals surface area (Å²) in [6.07, 6.45) is 1.73. The van der Waals surface area contributed by atoms with E-state index in [-0.39, 0.29) is 17.9 Å². The normalized spacial score (nSPS) is 28.4. The van der Waals surface area contributed by atoms with Crippen LogP contribution in [0.15, 0.2) is 0 Å². The number of nitrogens with one attached hydrogen (secondary N) is 1. The van der Waals surface area contributed by atoms with Gasteiger partial charge in [0.15, 0.2) is 5.75 Å². The number of carbonyl (C=O) groups is 2. The van der Waals surface area contributed by atoms with Gasteiger partial charge in [-0.15, -0.1) is 0 Å². The van der Waals surface area contributed by atoms with Crippen molar-refractivity contribution in [1.82, 2.24) is 9.62 Å². The van der Waals surface area contributed by atoms with E-state index in [0.29, 0.717) is 32.4 Å². The van der Waals surface area contributed by atoms with Gasteiger partial charge in [0.1, 0.15) is 0 Å². The van der Waals surface area contributed by atoms with Crippen molar-refractivity contribution in [1.29, 1.82) is 0 Å². The van der Waals surface area contributed by atoms with Crippen LogP contribution in [-0.4, -0.2) is 56.6 Å². The molecule has 8 heteroatoms. The molecule has 2 heterocycles. The molecule has 19 heavy (non-hydrogen) atoms. The Bertz CT molecular complexity index is 475. The molecule has 2 atom stereocenters. The molecule has 0 aromatic rings. The minimum Gasteiger partial charge on any atom is -0.468 e. The highest BCUT2D eigenvalue weighted by atomic mass is 32.2. The summed E-state index contributed by atoms with van der Waals surface area (Å²) in [7, 11) is -2.45. The third-order valence-electron chi connectivity index (χ3n) is 3.71. The van der Waals surface area contributed by atoms with Crippen LogP contribution in [0.3, 0.4) is 0 Å². The van der Waals surface area contributed by atoms with Gasteiger partial charge in [-0.3, -0.25) is 9.59 Å². The number of piperidine rings is 2. The van der Waals surface area contributed by atoms with Gasteiger partial charge >= 0.3 is 5.97 Å². The molecule has 0 saturated carbocycles. The van der Waals surface area contributed by atoms with Crippen molar-refractivity contribution in [3.8, 4) is 0 Å². The number of fused-ring (bicyclic) bond motifs is 1. The zero-order chi connectivity index (χ0) is 14.0. The van der Waals surface area contributed by atoms with Crippen molar-refractivity contribution in [3.05, 3.63) is 0 Å². The van der Waals surface area contributed by atoms with Crippen LogP contribution in [0, 0.1) is 5.92 Å². The van der Waals surface area contributed by atoms with E-state index in [1.54, 1.807) is 0 Å². The average molecular weight is 290 g/mol. The lowest BCUT2D eigenvalue weighted by atomic mass is 9.86. The second-order valence-electron chi connectivity index (χ2n) is 4.95. The molecule has 2 saturated heterocycles. The van der Waals surface area contributed by atoms with E-state index >= 15 is 0 Å². The fraction of sp³-hybridized carbons (Fsp3) is 0.818. The Morgan fingerprint density at radius 3 is 2.89 bits per heavy atom. The summed E-state index contributed by atoms with van der Waals surface area (Å²) < 4.78 is 29.8. The molecule has 1 N–H and O–H groups in total. The van der Waals surface area contributed by atoms with E-state index < -0.39 is 21.7 Å². The van der Waals surface area contributed by atoms with Gasteiger partial charge in [0.25, 0.3) is 0 Å². The van der Waals surface area contributed by atoms with E-state index in [9.17, 15) is 18.0 Å². The van der Waals surface area contributed by atoms with Crippen molar-refractivity contribution in [2.75, 3.05) is 26.0 Å². The highest BCUT2D eigenvalue weighted by Gasteiger charge is 2.38. The van der Waals surface area contributed by atoms with E-state index in [1.807, 2.05) is 0 Å². The molecule has 2 rings (SSSR count). The highest BCUT2D eigenvalue weighted by molar-refractivity contribution is 7.89. The topological polar surface area (TPSA) is 92.8 Å². The van der Waals surface area contributed by atoms with E-state index in [0.717, 1.165) is 0 Å². The maximum atomic E-state index is 12.0. The van der Waals surface area contributed by atoms with Crippen molar-refractivity contribution in [2.24, 2.45) is 5.92 Å². The summed E-state index contributed by atoms with van der Waals surface area (Å²) in [6, 6.07) is 0.0610. The van der Waals surface area contributed by atoms with Crippen LogP contribution in [0.1, 0.15) is 19.3 Å². The third kappa shape index (κ3) is 3.24. The van der Waals surface area contributed by atoms with Crippen molar-refractivity contribution >= 4 is 21.9 Å². The summed E-state index contributed by atoms with van der Waals surface area (Å²) in [5.41, 5.74) is 0. The Balaban J connectivity index is 2.00. The largest absolute Gasteiger partial charge is 0.468 e. The van der Waals surface area contributed by atoms with E-state index in [2.05, 4.69) is 10.1 Å². The molecule has 0 spiro atoms. The van der Waals surface area contributed by atoms with Gasteiger partial charge in [0.05, 0.1) is 7.11 Å². The predicted octanol–water partition coefficient (Wildman–Crippen LogP) is -0.910. The molecule has 0 aliphatic carbocycles. The second kappa shape index (κ2) is 5.46. The molecule has 0 bridgehead atoms. The Morgan fingerprint density at radius 2 is 2.21 bits per heavy atom. The number of hydrogen-bond acceptors (Lipinski definition) is 5. The summed E-state index contributed by atoms with van der Waals surface area (Å²) in [5.74, 6) is -1.20. The van der Waals surface area contributed by atoms with Gasteiger partial charge in [-0.05, 0) is 18.8 Å². The smallest absolute Gasteiger partial charge is 0.322 e. The van der Waals surface area contributed by atoms with Crippen molar-refractivity contribution < 1.29 is 22.7 Å². The molecule has 2 aliphatic rings. The Kier molecular flexibility index (Phi) is 4.10. The SMILES string of the molecule is COC(=O)CS(=O)(=O)N1CCC2NC(=O)CCC2C1. The first-order valence-corrected chi connectivity index (χ1v) is 7.87. The van der Waals surface area contributed by atoms with E-state index in [4.69, 9.17) is 0 Å². The zero-order valence-corrected chi connectivity index (χ0v) is 11.6. The molecule has 108 valence electrons. The lowest BCUT2D eigenvalue weighted by Gasteiger charge is -2.40. The minimum atomic E-state index is -3.61. The van der Waals surface area contributed by atoms with Crippen LogP contribution in [0.25, 0.3) is 0 Å². The fourth-order valence-electron chi connectivity index (χ4n) is 2.63. The number of methoxy groups -OCH3 is 1. The molecule has 1 amide bonds. The van der Waals surface area contributed by atoms with Gasteiger partial charge < -0.3 is 10.1 Å². The molecule has 2 unspecified atom stereocenters. The lowest BCUT2D eigenvalue weighted by molar-refractivity contribution is -0.137. The first-order chi connectivity index (χ1) is 8.92. The summed E-state index contributed by atoms with van der Waals surface area (Å²) in [5, 5.41) is 2.89. The van der Waals surface area contributed by atoms with Gasteiger partial charge in [-0.2, -0.15) is 0 Å². The monoisotopic (exact) mass is 290 g/mol. The maximum Gasteiger partial charge on any atom is 0.322 e. The van der Waals surface area contributed by atoms with Crippen LogP contribution in [0.4, 0.5) is 0 Å². The Labute approximate surface area is 112 Å². The first kappa shape index (κ1) is 14.3. The van der Waals surface area contributed by atoms with Crippen LogP contribution in [-0.2, 0) is 24.3 Å². The molecule has 7 nitrogen and oxygen atoms in total. The number of hydrogen-bond donors (Lipinski definition) is 1. The van der Waals surface area contributed by atoms with Gasteiger partial charge in [0, 0.05) is 25.6 Å². The number of nitrogens with zero attached hydrogens (tertiary/aromatic N) is 1. The van der Waals surface area contributed by atoms with Gasteiger partial charge in [0.2, 0.25) is 15.9 Å². The Hall–Kier alpha value is -1.15. The minimum absolute atomic E-state index is 0.0344. The number of esters is 1. The van der Waals surface area contributed by atoms with Crippen LogP contribution >= 0.6 is 0 Å². The van der Waals surface area contributed by atoms with Crippen molar-refractivity contribution in [2.45, 2.75) is 25.3 Å². The molecule has 2 fully saturated rings. The van der Waals surface area contributed by atoms with Gasteiger partial charge in [-0.25, -0.2) is 12.7 Å². The van der Waals surface area contributed by atoms with Gasteiger partial charge in [-0.1, -0.05) is 0 Å². The number of ether oxygens (including phenoxy) is 1. The molecule has 0 aromatic carbocycles. The number of carbonyl (C=O) groups excluding carboxylic acids is 2. The Morgan fingerprint density at radius 1 is 1.47 bits per heavy atom. The molecule has 2 aliphatic heterocycles. The predicted molar refractivity (Wildman–Crippen MR) is 66.6 cm³/mol. The summed E-state index contributed by atoms with van der Waals surface area (Å²) in [6.45, 7) is 0.699. The highest BCUT2D eigenvalue weighted by Crippen LogP contribution is 2.26. The average Bonchev–Trinajstić information content (AvgIpc) is 2.37. The molecule has 0 aromatic heterocycles. The number of amides is 1. The lowest BCUT2D eigenvalue weighted by Crippen LogP contribution is -2.55. The summed E-state index contributed by atoms with van der Waals surface area (Å²) in [4.78, 5) is 22.4. The quantitative estimate of drug-likeness (QED) is 0.679. The van der Waals surface area contributed by atoms with Crippen LogP contribution < -0.4 is 5.32 Å². The standard InChI is InChI=1S/C11H18N2O5S/c1-18-11(15)7-19(16,17)13-5-4-9-8(6-13)2-3-10(14)12-9/h8-9H,2-7H2,1H3,(H,12,14). The number of rotatable bonds is 3. The fourth-order valence-corrected chi connectivity index (χ4v) is 4.03. The van der Waals surface area contributed by atoms with Crippen molar-refractivity contribution in [3.63, 3.8) is 0 Å². The van der Waals surface area contributed by atoms with E-state index in [1.165, 1.54) is 11.4 Å². The molecular formula is C11H18N2O5S. The number of sulfonamides is 1. The molecular weight excluding hydrogens is 272 g/mol. The summed E-state index contributed by atoms with van der Waals surface area (Å²) >= 11 is 0. The third-order valence-corrected chi connectivity index (χ3v) is 5.43. The molecule has 0 radical (unpaired) electrons. The van der Waals surface area contributed by atoms with Crippen LogP contribution in [0.5, 0.6) is 0 Å². The second-order valence-corrected chi connectivity index (χ2v) is 6.92. The maximum absolute atomic E-state index is 12.0. The van der Waals surface area contributed by atoms with Crippen LogP contribution in [0.2, 0.25) is 0 Å². The zero-order valence-electron chi connectivity index (χ0n) is 10.8.